The summed E-state index contributed by atoms with van der Waals surface area (Å²) in [5.74, 6) is 1.58. The molecule has 0 spiro atoms. The number of benzene rings is 1. The molecule has 0 saturated heterocycles. The Balaban J connectivity index is 1.80. The van der Waals surface area contributed by atoms with Crippen molar-refractivity contribution in [2.45, 2.75) is 58.8 Å². The molecule has 1 fully saturated rings. The average Bonchev–Trinajstić information content (AvgIpc) is 2.45. The van der Waals surface area contributed by atoms with E-state index in [0.29, 0.717) is 5.75 Å². The number of carbonyl (C=O) groups is 1. The van der Waals surface area contributed by atoms with Crippen LogP contribution >= 0.6 is 0 Å². The number of hydrogen-bond acceptors (Lipinski definition) is 2. The van der Waals surface area contributed by atoms with Crippen LogP contribution in [0.25, 0.3) is 0 Å². The zero-order chi connectivity index (χ0) is 14.4. The Hall–Kier alpha value is -1.31. The molecule has 1 aromatic carbocycles. The second kappa shape index (κ2) is 7.47. The van der Waals surface area contributed by atoms with Crippen LogP contribution in [0.2, 0.25) is 0 Å². The van der Waals surface area contributed by atoms with Gasteiger partial charge in [-0.05, 0) is 56.2 Å². The highest BCUT2D eigenvalue weighted by molar-refractivity contribution is 5.75. The van der Waals surface area contributed by atoms with E-state index in [4.69, 9.17) is 4.74 Å². The van der Waals surface area contributed by atoms with E-state index in [1.807, 2.05) is 31.2 Å². The first-order valence-electron chi connectivity index (χ1n) is 7.97. The molecule has 0 radical (unpaired) electrons. The zero-order valence-corrected chi connectivity index (χ0v) is 12.7. The Morgan fingerprint density at radius 3 is 2.65 bits per heavy atom. The Kier molecular flexibility index (Phi) is 5.63. The molecule has 0 aliphatic heterocycles. The third-order valence-corrected chi connectivity index (χ3v) is 4.35. The number of rotatable bonds is 5. The van der Waals surface area contributed by atoms with E-state index >= 15 is 0 Å². The molecule has 1 aliphatic rings. The van der Waals surface area contributed by atoms with Crippen molar-refractivity contribution in [2.75, 3.05) is 0 Å². The van der Waals surface area contributed by atoms with Crippen LogP contribution in [0, 0.1) is 18.8 Å². The van der Waals surface area contributed by atoms with E-state index in [2.05, 4.69) is 6.92 Å². The molecular formula is C18H26O2. The molecule has 1 aromatic rings. The van der Waals surface area contributed by atoms with E-state index in [9.17, 15) is 4.79 Å². The molecule has 1 saturated carbocycles. The van der Waals surface area contributed by atoms with Crippen molar-refractivity contribution >= 4 is 5.97 Å². The van der Waals surface area contributed by atoms with Gasteiger partial charge >= 0.3 is 5.97 Å². The second-order valence-electron chi connectivity index (χ2n) is 6.10. The average molecular weight is 274 g/mol. The lowest BCUT2D eigenvalue weighted by Crippen LogP contribution is -2.25. The summed E-state index contributed by atoms with van der Waals surface area (Å²) in [6, 6.07) is 7.72. The summed E-state index contributed by atoms with van der Waals surface area (Å²) < 4.78 is 5.51. The van der Waals surface area contributed by atoms with Gasteiger partial charge < -0.3 is 4.74 Å². The van der Waals surface area contributed by atoms with Crippen molar-refractivity contribution < 1.29 is 9.53 Å². The van der Waals surface area contributed by atoms with Crippen LogP contribution in [0.15, 0.2) is 24.3 Å². The van der Waals surface area contributed by atoms with Gasteiger partial charge in [0.15, 0.2) is 0 Å². The molecule has 0 unspecified atom stereocenters. The van der Waals surface area contributed by atoms with E-state index in [1.165, 1.54) is 32.1 Å². The molecule has 2 heteroatoms. The lowest BCUT2D eigenvalue weighted by atomic mass is 9.80. The Morgan fingerprint density at radius 1 is 1.25 bits per heavy atom. The quantitative estimate of drug-likeness (QED) is 0.564. The van der Waals surface area contributed by atoms with Crippen LogP contribution < -0.4 is 4.74 Å². The molecule has 2 nitrogen and oxygen atoms in total. The summed E-state index contributed by atoms with van der Waals surface area (Å²) in [5.41, 5.74) is 1.12. The Labute approximate surface area is 122 Å². The van der Waals surface area contributed by atoms with Crippen molar-refractivity contribution in [3.63, 3.8) is 0 Å². The molecule has 2 rings (SSSR count). The number of unbranched alkanes of at least 4 members (excludes halogenated alkanes) is 1. The molecule has 0 N–H and O–H groups in total. The van der Waals surface area contributed by atoms with Gasteiger partial charge in [-0.15, -0.1) is 0 Å². The first-order chi connectivity index (χ1) is 9.69. The topological polar surface area (TPSA) is 26.3 Å². The predicted octanol–water partition coefficient (Wildman–Crippen LogP) is 4.90. The molecule has 0 amide bonds. The molecule has 1 aliphatic carbocycles. The third-order valence-electron chi connectivity index (χ3n) is 4.35. The number of ether oxygens (including phenoxy) is 1. The predicted molar refractivity (Wildman–Crippen MR) is 81.8 cm³/mol. The minimum atomic E-state index is -0.0375. The van der Waals surface area contributed by atoms with Gasteiger partial charge in [-0.25, -0.2) is 0 Å². The summed E-state index contributed by atoms with van der Waals surface area (Å²) in [5, 5.41) is 0. The van der Waals surface area contributed by atoms with E-state index in [-0.39, 0.29) is 11.9 Å². The van der Waals surface area contributed by atoms with Crippen molar-refractivity contribution in [2.24, 2.45) is 11.8 Å². The highest BCUT2D eigenvalue weighted by atomic mass is 16.5. The fourth-order valence-corrected chi connectivity index (χ4v) is 3.06. The highest BCUT2D eigenvalue weighted by Gasteiger charge is 2.27. The van der Waals surface area contributed by atoms with Crippen molar-refractivity contribution in [3.05, 3.63) is 29.8 Å². The highest BCUT2D eigenvalue weighted by Crippen LogP contribution is 2.32. The minimum Gasteiger partial charge on any atom is -0.426 e. The molecular weight excluding hydrogens is 248 g/mol. The maximum atomic E-state index is 12.2. The molecule has 0 bridgehead atoms. The fraction of sp³-hybridized carbons (Fsp3) is 0.611. The lowest BCUT2D eigenvalue weighted by Gasteiger charge is -2.27. The molecule has 0 atom stereocenters. The second-order valence-corrected chi connectivity index (χ2v) is 6.10. The fourth-order valence-electron chi connectivity index (χ4n) is 3.06. The van der Waals surface area contributed by atoms with E-state index in [1.54, 1.807) is 0 Å². The van der Waals surface area contributed by atoms with Crippen molar-refractivity contribution in [1.82, 2.24) is 0 Å². The summed E-state index contributed by atoms with van der Waals surface area (Å²) >= 11 is 0. The summed E-state index contributed by atoms with van der Waals surface area (Å²) in [7, 11) is 0. The van der Waals surface area contributed by atoms with Crippen molar-refractivity contribution in [1.29, 1.82) is 0 Å². The Morgan fingerprint density at radius 2 is 2.00 bits per heavy atom. The van der Waals surface area contributed by atoms with Crippen LogP contribution in [0.4, 0.5) is 0 Å². The SMILES string of the molecule is CCCCC1CCC(C(=O)Oc2cccc(C)c2)CC1. The first-order valence-corrected chi connectivity index (χ1v) is 7.97. The summed E-state index contributed by atoms with van der Waals surface area (Å²) in [4.78, 5) is 12.2. The lowest BCUT2D eigenvalue weighted by molar-refractivity contribution is -0.140. The van der Waals surface area contributed by atoms with E-state index < -0.39 is 0 Å². The Bertz CT molecular complexity index is 431. The standard InChI is InChI=1S/C18H26O2/c1-3-4-7-15-9-11-16(12-10-15)18(19)20-17-8-5-6-14(2)13-17/h5-6,8,13,15-16H,3-4,7,9-12H2,1-2H3. The molecule has 0 aromatic heterocycles. The zero-order valence-electron chi connectivity index (χ0n) is 12.7. The number of esters is 1. The minimum absolute atomic E-state index is 0.0375. The maximum Gasteiger partial charge on any atom is 0.314 e. The van der Waals surface area contributed by atoms with Crippen LogP contribution in [0.1, 0.15) is 57.4 Å². The van der Waals surface area contributed by atoms with Crippen LogP contribution in [-0.2, 0) is 4.79 Å². The monoisotopic (exact) mass is 274 g/mol. The van der Waals surface area contributed by atoms with Gasteiger partial charge in [0, 0.05) is 0 Å². The van der Waals surface area contributed by atoms with E-state index in [0.717, 1.165) is 24.3 Å². The summed E-state index contributed by atoms with van der Waals surface area (Å²) in [6.45, 7) is 4.25. The molecule has 0 heterocycles. The normalized spacial score (nSPS) is 22.5. The van der Waals surface area contributed by atoms with Gasteiger partial charge in [-0.1, -0.05) is 38.3 Å². The number of carbonyl (C=O) groups excluding carboxylic acids is 1. The van der Waals surface area contributed by atoms with Gasteiger partial charge in [0.25, 0.3) is 0 Å². The van der Waals surface area contributed by atoms with Gasteiger partial charge in [-0.3, -0.25) is 4.79 Å². The number of hydrogen-bond donors (Lipinski definition) is 0. The largest absolute Gasteiger partial charge is 0.426 e. The van der Waals surface area contributed by atoms with Gasteiger partial charge in [0.05, 0.1) is 5.92 Å². The van der Waals surface area contributed by atoms with Gasteiger partial charge in [0.1, 0.15) is 5.75 Å². The number of aryl methyl sites for hydroxylation is 1. The maximum absolute atomic E-state index is 12.2. The third kappa shape index (κ3) is 4.36. The van der Waals surface area contributed by atoms with Crippen molar-refractivity contribution in [3.8, 4) is 5.75 Å². The first kappa shape index (κ1) is 15.1. The van der Waals surface area contributed by atoms with Crippen LogP contribution in [-0.4, -0.2) is 5.97 Å². The van der Waals surface area contributed by atoms with Crippen LogP contribution in [0.3, 0.4) is 0 Å². The molecule has 20 heavy (non-hydrogen) atoms. The van der Waals surface area contributed by atoms with Gasteiger partial charge in [-0.2, -0.15) is 0 Å². The smallest absolute Gasteiger partial charge is 0.314 e. The summed E-state index contributed by atoms with van der Waals surface area (Å²) in [6.07, 6.45) is 8.30. The van der Waals surface area contributed by atoms with Gasteiger partial charge in [0.2, 0.25) is 0 Å². The van der Waals surface area contributed by atoms with Crippen LogP contribution in [0.5, 0.6) is 5.75 Å². The molecule has 110 valence electrons.